The highest BCUT2D eigenvalue weighted by molar-refractivity contribution is 5.80. The normalized spacial score (nSPS) is 21.3. The first-order valence-corrected chi connectivity index (χ1v) is 6.71. The van der Waals surface area contributed by atoms with Crippen LogP contribution in [0.25, 0.3) is 0 Å². The summed E-state index contributed by atoms with van der Waals surface area (Å²) >= 11 is 0. The first-order valence-electron chi connectivity index (χ1n) is 6.71. The van der Waals surface area contributed by atoms with Crippen molar-refractivity contribution in [2.45, 2.75) is 31.5 Å². The number of aliphatic carboxylic acids is 1. The summed E-state index contributed by atoms with van der Waals surface area (Å²) in [5.41, 5.74) is 0.676. The molecule has 1 aliphatic heterocycles. The van der Waals surface area contributed by atoms with E-state index in [1.54, 1.807) is 30.3 Å². The monoisotopic (exact) mass is 333 g/mol. The molecule has 1 heterocycles. The molecular formula is C14H14F3NO5. The molecule has 2 atom stereocenters. The number of carbonyl (C=O) groups excluding carboxylic acids is 1. The van der Waals surface area contributed by atoms with Crippen molar-refractivity contribution in [2.75, 3.05) is 6.54 Å². The zero-order chi connectivity index (χ0) is 17.0. The van der Waals surface area contributed by atoms with Crippen molar-refractivity contribution in [3.63, 3.8) is 0 Å². The van der Waals surface area contributed by atoms with Crippen LogP contribution >= 0.6 is 0 Å². The van der Waals surface area contributed by atoms with Crippen molar-refractivity contribution in [1.29, 1.82) is 0 Å². The number of nitrogens with zero attached hydrogens (tertiary/aromatic N) is 1. The van der Waals surface area contributed by atoms with Gasteiger partial charge in [0.25, 0.3) is 0 Å². The highest BCUT2D eigenvalue weighted by Gasteiger charge is 2.45. The van der Waals surface area contributed by atoms with Gasteiger partial charge in [0, 0.05) is 6.42 Å². The number of benzene rings is 1. The van der Waals surface area contributed by atoms with Gasteiger partial charge in [0.15, 0.2) is 0 Å². The molecule has 0 aliphatic carbocycles. The van der Waals surface area contributed by atoms with Gasteiger partial charge in [-0.15, -0.1) is 13.2 Å². The third kappa shape index (κ3) is 4.85. The van der Waals surface area contributed by atoms with Gasteiger partial charge in [0.05, 0.1) is 12.6 Å². The Morgan fingerprint density at radius 3 is 2.48 bits per heavy atom. The first-order chi connectivity index (χ1) is 10.8. The van der Waals surface area contributed by atoms with Crippen LogP contribution in [0.15, 0.2) is 30.3 Å². The Morgan fingerprint density at radius 2 is 1.91 bits per heavy atom. The molecule has 0 bridgehead atoms. The van der Waals surface area contributed by atoms with E-state index < -0.39 is 43.5 Å². The summed E-state index contributed by atoms with van der Waals surface area (Å²) in [5.74, 6) is -1.41. The van der Waals surface area contributed by atoms with Gasteiger partial charge in [-0.1, -0.05) is 30.3 Å². The molecule has 1 aromatic carbocycles. The molecule has 6 nitrogen and oxygen atoms in total. The Labute approximate surface area is 129 Å². The average molecular weight is 333 g/mol. The van der Waals surface area contributed by atoms with Gasteiger partial charge in [-0.3, -0.25) is 9.64 Å². The van der Waals surface area contributed by atoms with Gasteiger partial charge >= 0.3 is 18.4 Å². The number of alkyl halides is 3. The van der Waals surface area contributed by atoms with E-state index in [9.17, 15) is 22.8 Å². The fraction of sp³-hybridized carbons (Fsp3) is 0.429. The average Bonchev–Trinajstić information content (AvgIpc) is 2.88. The molecule has 1 aromatic rings. The molecule has 1 aliphatic rings. The maximum Gasteiger partial charge on any atom is 0.522 e. The zero-order valence-electron chi connectivity index (χ0n) is 11.8. The second-order valence-electron chi connectivity index (χ2n) is 4.97. The lowest BCUT2D eigenvalue weighted by Gasteiger charge is -2.20. The fourth-order valence-electron chi connectivity index (χ4n) is 2.31. The summed E-state index contributed by atoms with van der Waals surface area (Å²) in [5, 5.41) is 9.05. The van der Waals surface area contributed by atoms with E-state index in [-0.39, 0.29) is 6.61 Å². The Balaban J connectivity index is 1.97. The molecular weight excluding hydrogens is 319 g/mol. The van der Waals surface area contributed by atoms with E-state index in [4.69, 9.17) is 9.84 Å². The maximum absolute atomic E-state index is 12.2. The fourth-order valence-corrected chi connectivity index (χ4v) is 2.31. The molecule has 1 N–H and O–H groups in total. The van der Waals surface area contributed by atoms with E-state index in [0.717, 1.165) is 4.90 Å². The van der Waals surface area contributed by atoms with Crippen LogP contribution in [0.4, 0.5) is 18.0 Å². The number of hydrogen-bond donors (Lipinski definition) is 1. The lowest BCUT2D eigenvalue weighted by Crippen LogP contribution is -2.41. The summed E-state index contributed by atoms with van der Waals surface area (Å²) < 4.78 is 45.5. The van der Waals surface area contributed by atoms with Crippen LogP contribution in [0.3, 0.4) is 0 Å². The van der Waals surface area contributed by atoms with Crippen molar-refractivity contribution >= 4 is 12.1 Å². The number of amides is 1. The molecule has 1 amide bonds. The zero-order valence-corrected chi connectivity index (χ0v) is 11.8. The number of hydrogen-bond acceptors (Lipinski definition) is 4. The number of ether oxygens (including phenoxy) is 2. The number of halogens is 3. The predicted octanol–water partition coefficient (Wildman–Crippen LogP) is 2.39. The van der Waals surface area contributed by atoms with Crippen molar-refractivity contribution < 1.29 is 37.3 Å². The first kappa shape index (κ1) is 17.1. The minimum Gasteiger partial charge on any atom is -0.480 e. The summed E-state index contributed by atoms with van der Waals surface area (Å²) in [6, 6.07) is 7.21. The quantitative estimate of drug-likeness (QED) is 0.915. The van der Waals surface area contributed by atoms with Crippen molar-refractivity contribution in [3.8, 4) is 0 Å². The molecule has 0 radical (unpaired) electrons. The second-order valence-corrected chi connectivity index (χ2v) is 4.97. The second kappa shape index (κ2) is 6.86. The molecule has 0 spiro atoms. The Hall–Kier alpha value is -2.29. The van der Waals surface area contributed by atoms with Crippen LogP contribution < -0.4 is 0 Å². The molecule has 9 heteroatoms. The lowest BCUT2D eigenvalue weighted by atomic mass is 10.2. The van der Waals surface area contributed by atoms with E-state index in [1.807, 2.05) is 0 Å². The highest BCUT2D eigenvalue weighted by atomic mass is 19.4. The van der Waals surface area contributed by atoms with Crippen molar-refractivity contribution in [2.24, 2.45) is 0 Å². The highest BCUT2D eigenvalue weighted by Crippen LogP contribution is 2.28. The van der Waals surface area contributed by atoms with Gasteiger partial charge in [-0.25, -0.2) is 9.59 Å². The van der Waals surface area contributed by atoms with Crippen LogP contribution in [0.1, 0.15) is 12.0 Å². The van der Waals surface area contributed by atoms with Crippen molar-refractivity contribution in [1.82, 2.24) is 4.90 Å². The molecule has 0 unspecified atom stereocenters. The van der Waals surface area contributed by atoms with E-state index in [1.165, 1.54) is 0 Å². The molecule has 2 rings (SSSR count). The standard InChI is InChI=1S/C14H14F3NO5/c15-14(16,17)23-10-6-11(12(19)20)18(7-10)13(21)22-8-9-4-2-1-3-5-9/h1-5,10-11H,6-8H2,(H,19,20)/t10-,11+/m0/s1. The topological polar surface area (TPSA) is 76.1 Å². The number of carbonyl (C=O) groups is 2. The van der Waals surface area contributed by atoms with E-state index >= 15 is 0 Å². The number of rotatable bonds is 4. The summed E-state index contributed by atoms with van der Waals surface area (Å²) in [6.45, 7) is -0.600. The van der Waals surface area contributed by atoms with E-state index in [2.05, 4.69) is 4.74 Å². The number of carboxylic acids is 1. The maximum atomic E-state index is 12.2. The van der Waals surface area contributed by atoms with Crippen LogP contribution in [0.5, 0.6) is 0 Å². The van der Waals surface area contributed by atoms with Crippen molar-refractivity contribution in [3.05, 3.63) is 35.9 Å². The van der Waals surface area contributed by atoms with Crippen LogP contribution in [0.2, 0.25) is 0 Å². The molecule has 126 valence electrons. The third-order valence-electron chi connectivity index (χ3n) is 3.29. The summed E-state index contributed by atoms with van der Waals surface area (Å²) in [6.07, 6.45) is -7.76. The Bertz CT molecular complexity index is 563. The summed E-state index contributed by atoms with van der Waals surface area (Å²) in [7, 11) is 0. The molecule has 23 heavy (non-hydrogen) atoms. The molecule has 1 saturated heterocycles. The minimum absolute atomic E-state index is 0.104. The molecule has 1 fully saturated rings. The van der Waals surface area contributed by atoms with Gasteiger partial charge in [-0.2, -0.15) is 0 Å². The minimum atomic E-state index is -4.89. The number of likely N-dealkylation sites (tertiary alicyclic amines) is 1. The number of carboxylic acid groups (broad SMARTS) is 1. The Morgan fingerprint density at radius 1 is 1.26 bits per heavy atom. The SMILES string of the molecule is O=C(O)[C@H]1C[C@H](OC(F)(F)F)CN1C(=O)OCc1ccccc1. The van der Waals surface area contributed by atoms with Gasteiger partial charge in [-0.05, 0) is 5.56 Å². The predicted molar refractivity (Wildman–Crippen MR) is 70.3 cm³/mol. The van der Waals surface area contributed by atoms with Gasteiger partial charge in [0.1, 0.15) is 12.6 Å². The van der Waals surface area contributed by atoms with Crippen LogP contribution in [0, 0.1) is 0 Å². The lowest BCUT2D eigenvalue weighted by molar-refractivity contribution is -0.340. The van der Waals surface area contributed by atoms with E-state index in [0.29, 0.717) is 5.56 Å². The molecule has 0 saturated carbocycles. The third-order valence-corrected chi connectivity index (χ3v) is 3.29. The van der Waals surface area contributed by atoms with Crippen LogP contribution in [-0.4, -0.2) is 47.1 Å². The largest absolute Gasteiger partial charge is 0.522 e. The van der Waals surface area contributed by atoms with Gasteiger partial charge in [0.2, 0.25) is 0 Å². The molecule has 0 aromatic heterocycles. The van der Waals surface area contributed by atoms with Crippen LogP contribution in [-0.2, 0) is 20.9 Å². The summed E-state index contributed by atoms with van der Waals surface area (Å²) in [4.78, 5) is 23.8. The Kier molecular flexibility index (Phi) is 5.09. The van der Waals surface area contributed by atoms with Gasteiger partial charge < -0.3 is 9.84 Å². The smallest absolute Gasteiger partial charge is 0.480 e.